The van der Waals surface area contributed by atoms with Crippen LogP contribution in [0.1, 0.15) is 54.2 Å². The van der Waals surface area contributed by atoms with Crippen LogP contribution in [0.15, 0.2) is 24.8 Å². The number of hydrogen-bond donors (Lipinski definition) is 0. The second kappa shape index (κ2) is 6.94. The van der Waals surface area contributed by atoms with Gasteiger partial charge in [-0.15, -0.1) is 0 Å². The van der Waals surface area contributed by atoms with Crippen LogP contribution in [0.2, 0.25) is 0 Å². The van der Waals surface area contributed by atoms with Crippen LogP contribution in [-0.2, 0) is 0 Å². The van der Waals surface area contributed by atoms with Crippen LogP contribution in [-0.4, -0.2) is 0 Å². The van der Waals surface area contributed by atoms with E-state index in [1.807, 2.05) is 6.08 Å². The molecule has 19 heavy (non-hydrogen) atoms. The summed E-state index contributed by atoms with van der Waals surface area (Å²) in [6.07, 6.45) is 14.8. The van der Waals surface area contributed by atoms with Gasteiger partial charge >= 0.3 is 0 Å². The van der Waals surface area contributed by atoms with Crippen LogP contribution in [0.4, 0.5) is 0 Å². The molecule has 0 fully saturated rings. The molecule has 0 aliphatic heterocycles. The second-order valence-corrected chi connectivity index (χ2v) is 4.61. The van der Waals surface area contributed by atoms with Gasteiger partial charge in [-0.3, -0.25) is 0 Å². The lowest BCUT2D eigenvalue weighted by molar-refractivity contribution is 1.29. The average molecular weight is 252 g/mol. The molecular weight excluding hydrogens is 228 g/mol. The topological polar surface area (TPSA) is 0 Å². The van der Waals surface area contributed by atoms with Crippen molar-refractivity contribution in [1.29, 1.82) is 0 Å². The molecule has 0 unspecified atom stereocenters. The molecular formula is C19H24. The molecule has 0 heteroatoms. The van der Waals surface area contributed by atoms with Gasteiger partial charge in [0.1, 0.15) is 0 Å². The minimum Gasteiger partial charge on any atom is -0.0984 e. The summed E-state index contributed by atoms with van der Waals surface area (Å²) in [5.74, 6) is 0. The summed E-state index contributed by atoms with van der Waals surface area (Å²) >= 11 is 0. The van der Waals surface area contributed by atoms with E-state index in [9.17, 15) is 0 Å². The zero-order chi connectivity index (χ0) is 14.4. The van der Waals surface area contributed by atoms with E-state index < -0.39 is 0 Å². The Morgan fingerprint density at radius 3 is 1.37 bits per heavy atom. The predicted octanol–water partition coefficient (Wildman–Crippen LogP) is 6.05. The molecule has 0 bridgehead atoms. The normalized spacial score (nSPS) is 12.1. The van der Waals surface area contributed by atoms with Crippen LogP contribution in [0.5, 0.6) is 0 Å². The number of hydrogen-bond acceptors (Lipinski definition) is 0. The average Bonchev–Trinajstić information content (AvgIpc) is 2.41. The van der Waals surface area contributed by atoms with Gasteiger partial charge < -0.3 is 0 Å². The standard InChI is InChI=1S/C19H24/c1-7-11-17-14(5)15(6)18(12-8-2)19(13-9-3)16(17)10-4/h7-13H,4H2,1-3,5-6H3/b11-7-,12-8-,13-9-. The molecule has 1 rings (SSSR count). The van der Waals surface area contributed by atoms with E-state index in [-0.39, 0.29) is 0 Å². The maximum atomic E-state index is 4.00. The van der Waals surface area contributed by atoms with E-state index in [0.29, 0.717) is 0 Å². The van der Waals surface area contributed by atoms with Gasteiger partial charge in [-0.1, -0.05) is 49.1 Å². The summed E-state index contributed by atoms with van der Waals surface area (Å²) in [4.78, 5) is 0. The predicted molar refractivity (Wildman–Crippen MR) is 90.1 cm³/mol. The summed E-state index contributed by atoms with van der Waals surface area (Å²) in [7, 11) is 0. The Morgan fingerprint density at radius 1 is 0.632 bits per heavy atom. The molecule has 0 aromatic heterocycles. The van der Waals surface area contributed by atoms with Crippen molar-refractivity contribution in [2.24, 2.45) is 0 Å². The fourth-order valence-electron chi connectivity index (χ4n) is 2.43. The summed E-state index contributed by atoms with van der Waals surface area (Å²) in [6, 6.07) is 0. The van der Waals surface area contributed by atoms with Crippen molar-refractivity contribution in [3.63, 3.8) is 0 Å². The van der Waals surface area contributed by atoms with Crippen molar-refractivity contribution in [1.82, 2.24) is 0 Å². The van der Waals surface area contributed by atoms with Gasteiger partial charge in [0.05, 0.1) is 0 Å². The first-order chi connectivity index (χ1) is 9.12. The maximum absolute atomic E-state index is 4.00. The SMILES string of the molecule is C=Cc1c(/C=C\C)c(C)c(C)c(/C=C\C)c1/C=C\C. The first kappa shape index (κ1) is 15.2. The smallest absolute Gasteiger partial charge is 0.0106 e. The van der Waals surface area contributed by atoms with E-state index in [4.69, 9.17) is 0 Å². The van der Waals surface area contributed by atoms with Crippen molar-refractivity contribution in [2.75, 3.05) is 0 Å². The van der Waals surface area contributed by atoms with Crippen molar-refractivity contribution in [3.05, 3.63) is 58.2 Å². The van der Waals surface area contributed by atoms with E-state index in [0.717, 1.165) is 0 Å². The Hall–Kier alpha value is -1.82. The molecule has 0 saturated heterocycles. The molecule has 0 aliphatic rings. The van der Waals surface area contributed by atoms with Crippen LogP contribution in [0, 0.1) is 13.8 Å². The molecule has 0 amide bonds. The fraction of sp³-hybridized carbons (Fsp3) is 0.263. The molecule has 1 aromatic rings. The van der Waals surface area contributed by atoms with Gasteiger partial charge in [0.25, 0.3) is 0 Å². The highest BCUT2D eigenvalue weighted by Gasteiger charge is 2.13. The Balaban J connectivity index is 3.87. The summed E-state index contributed by atoms with van der Waals surface area (Å²) in [5, 5.41) is 0. The van der Waals surface area contributed by atoms with Crippen molar-refractivity contribution >= 4 is 24.3 Å². The minimum absolute atomic E-state index is 1.22. The van der Waals surface area contributed by atoms with Gasteiger partial charge in [0.2, 0.25) is 0 Å². The molecule has 0 aliphatic carbocycles. The molecule has 100 valence electrons. The lowest BCUT2D eigenvalue weighted by Crippen LogP contribution is -1.99. The first-order valence-electron chi connectivity index (χ1n) is 6.79. The second-order valence-electron chi connectivity index (χ2n) is 4.61. The largest absolute Gasteiger partial charge is 0.0984 e. The lowest BCUT2D eigenvalue weighted by Gasteiger charge is -2.18. The molecule has 0 spiro atoms. The summed E-state index contributed by atoms with van der Waals surface area (Å²) < 4.78 is 0. The number of rotatable bonds is 4. The van der Waals surface area contributed by atoms with Crippen molar-refractivity contribution in [3.8, 4) is 0 Å². The molecule has 0 nitrogen and oxygen atoms in total. The third kappa shape index (κ3) is 2.96. The Kier molecular flexibility index (Phi) is 5.57. The van der Waals surface area contributed by atoms with E-state index >= 15 is 0 Å². The summed E-state index contributed by atoms with van der Waals surface area (Å²) in [5.41, 5.74) is 7.70. The zero-order valence-electron chi connectivity index (χ0n) is 12.7. The lowest BCUT2D eigenvalue weighted by atomic mass is 9.87. The van der Waals surface area contributed by atoms with E-state index in [1.165, 1.54) is 33.4 Å². The third-order valence-electron chi connectivity index (χ3n) is 3.45. The monoisotopic (exact) mass is 252 g/mol. The Morgan fingerprint density at radius 2 is 1.00 bits per heavy atom. The van der Waals surface area contributed by atoms with Crippen LogP contribution in [0.25, 0.3) is 24.3 Å². The Labute approximate surface area is 117 Å². The number of benzene rings is 1. The molecule has 1 aromatic carbocycles. The molecule has 0 atom stereocenters. The molecule has 0 saturated carbocycles. The van der Waals surface area contributed by atoms with E-state index in [1.54, 1.807) is 0 Å². The van der Waals surface area contributed by atoms with Crippen molar-refractivity contribution in [2.45, 2.75) is 34.6 Å². The highest BCUT2D eigenvalue weighted by molar-refractivity contribution is 5.82. The van der Waals surface area contributed by atoms with Gasteiger partial charge in [-0.05, 0) is 68.0 Å². The van der Waals surface area contributed by atoms with Gasteiger partial charge in [0, 0.05) is 0 Å². The van der Waals surface area contributed by atoms with Gasteiger partial charge in [-0.2, -0.15) is 0 Å². The van der Waals surface area contributed by atoms with Crippen molar-refractivity contribution < 1.29 is 0 Å². The highest BCUT2D eigenvalue weighted by Crippen LogP contribution is 2.31. The van der Waals surface area contributed by atoms with Crippen LogP contribution >= 0.6 is 0 Å². The van der Waals surface area contributed by atoms with Crippen LogP contribution < -0.4 is 0 Å². The zero-order valence-corrected chi connectivity index (χ0v) is 12.7. The van der Waals surface area contributed by atoms with Crippen LogP contribution in [0.3, 0.4) is 0 Å². The highest BCUT2D eigenvalue weighted by atomic mass is 14.2. The maximum Gasteiger partial charge on any atom is -0.0106 e. The molecule has 0 N–H and O–H groups in total. The van der Waals surface area contributed by atoms with Gasteiger partial charge in [0.15, 0.2) is 0 Å². The van der Waals surface area contributed by atoms with E-state index in [2.05, 4.69) is 77.7 Å². The Bertz CT molecular complexity index is 552. The fourth-order valence-corrected chi connectivity index (χ4v) is 2.43. The summed E-state index contributed by atoms with van der Waals surface area (Å²) in [6.45, 7) is 14.5. The first-order valence-corrected chi connectivity index (χ1v) is 6.79. The third-order valence-corrected chi connectivity index (χ3v) is 3.45. The molecule has 0 heterocycles. The van der Waals surface area contributed by atoms with Gasteiger partial charge in [-0.25, -0.2) is 0 Å². The molecule has 0 radical (unpaired) electrons. The quantitative estimate of drug-likeness (QED) is 0.612. The number of allylic oxidation sites excluding steroid dienone is 3. The minimum atomic E-state index is 1.22.